The monoisotopic (exact) mass is 745 g/mol. The molecule has 3 saturated heterocycles. The third kappa shape index (κ3) is 7.73. The number of methoxy groups -OCH3 is 1. The zero-order valence-corrected chi connectivity index (χ0v) is 33.5. The Bertz CT molecular complexity index is 1280. The second-order valence-electron chi connectivity index (χ2n) is 17.5. The SMILES string of the molecule is CC[C@H]1OC(=O)[C@@]2(C)C[C@]2(OC2C[C@@](C)(OC)[C@@H](O)[C@H](C)O2)[C@H](C)[C@@H](OC2O[C@@H](C)C[C@@H](N(C)C)[C@@H]2O)[C@](C)(O)C[C@@H](C)C(=O)[C@H](C)[C@@H](O)[C@]1(C)O. The van der Waals surface area contributed by atoms with Crippen LogP contribution in [0.15, 0.2) is 0 Å². The van der Waals surface area contributed by atoms with Gasteiger partial charge in [0.15, 0.2) is 12.6 Å². The van der Waals surface area contributed by atoms with Gasteiger partial charge in [0.25, 0.3) is 0 Å². The molecular weight excluding hydrogens is 678 g/mol. The number of carbonyl (C=O) groups is 2. The number of ether oxygens (including phenoxy) is 6. The standard InChI is InChI=1S/C38H67NO13/c1-14-25-37(10,46)29(42)21(4)27(40)19(2)16-35(8,45)31(51-32-28(41)24(39(11)12)15-20(3)48-32)22(5)38(18-34(38,7)33(44)50-25)52-26-17-36(9,47-13)30(43)23(6)49-26/h19-26,28-32,41-43,45-46H,14-18H2,1-13H3/t19-,20+,21+,22-,23+,24-,25-,26?,28+,29-,30+,31-,32?,34-,35-,36-,37-,38+/m1/s1. The molecule has 0 aromatic carbocycles. The lowest BCUT2D eigenvalue weighted by Gasteiger charge is -2.49. The van der Waals surface area contributed by atoms with Gasteiger partial charge < -0.3 is 58.9 Å². The highest BCUT2D eigenvalue weighted by Crippen LogP contribution is 2.66. The van der Waals surface area contributed by atoms with E-state index < -0.39 is 107 Å². The number of ketones is 1. The zero-order chi connectivity index (χ0) is 39.5. The van der Waals surface area contributed by atoms with Crippen molar-refractivity contribution in [3.8, 4) is 0 Å². The van der Waals surface area contributed by atoms with Gasteiger partial charge in [0, 0.05) is 37.3 Å². The van der Waals surface area contributed by atoms with Crippen LogP contribution in [0.4, 0.5) is 0 Å². The molecule has 1 saturated carbocycles. The summed E-state index contributed by atoms with van der Waals surface area (Å²) in [7, 11) is 5.20. The second kappa shape index (κ2) is 15.3. The summed E-state index contributed by atoms with van der Waals surface area (Å²) in [6, 6.07) is -0.323. The average molecular weight is 746 g/mol. The van der Waals surface area contributed by atoms with Crippen LogP contribution in [0.25, 0.3) is 0 Å². The van der Waals surface area contributed by atoms with Crippen LogP contribution >= 0.6 is 0 Å². The van der Waals surface area contributed by atoms with Gasteiger partial charge >= 0.3 is 5.97 Å². The molecule has 2 unspecified atom stereocenters. The first-order valence-electron chi connectivity index (χ1n) is 18.9. The molecule has 5 N–H and O–H groups in total. The molecule has 0 spiro atoms. The molecule has 4 rings (SSSR count). The quantitative estimate of drug-likeness (QED) is 0.237. The Balaban J connectivity index is 1.87. The van der Waals surface area contributed by atoms with E-state index in [0.717, 1.165) is 0 Å². The molecule has 4 aliphatic rings. The summed E-state index contributed by atoms with van der Waals surface area (Å²) in [4.78, 5) is 30.2. The highest BCUT2D eigenvalue weighted by Gasteiger charge is 2.77. The summed E-state index contributed by atoms with van der Waals surface area (Å²) >= 11 is 0. The number of rotatable bonds is 7. The Hall–Kier alpha value is -1.30. The van der Waals surface area contributed by atoms with Crippen molar-refractivity contribution >= 4 is 11.8 Å². The third-order valence-corrected chi connectivity index (χ3v) is 13.1. The zero-order valence-electron chi connectivity index (χ0n) is 33.5. The van der Waals surface area contributed by atoms with Crippen LogP contribution in [0.1, 0.15) is 101 Å². The van der Waals surface area contributed by atoms with E-state index in [9.17, 15) is 35.1 Å². The first-order chi connectivity index (χ1) is 23.8. The Morgan fingerprint density at radius 3 is 2.10 bits per heavy atom. The fourth-order valence-electron chi connectivity index (χ4n) is 9.35. The molecule has 302 valence electrons. The average Bonchev–Trinajstić information content (AvgIpc) is 3.68. The molecular formula is C38H67NO13. The first kappa shape index (κ1) is 43.4. The van der Waals surface area contributed by atoms with Crippen LogP contribution in [0.2, 0.25) is 0 Å². The highest BCUT2D eigenvalue weighted by atomic mass is 16.7. The van der Waals surface area contributed by atoms with E-state index in [1.54, 1.807) is 48.5 Å². The normalized spacial score (nSPS) is 52.5. The molecule has 0 amide bonds. The molecule has 0 radical (unpaired) electrons. The van der Waals surface area contributed by atoms with Crippen molar-refractivity contribution in [3.05, 3.63) is 0 Å². The molecule has 1 aliphatic carbocycles. The van der Waals surface area contributed by atoms with Crippen LogP contribution in [0, 0.1) is 23.2 Å². The van der Waals surface area contributed by atoms with Crippen LogP contribution in [-0.4, -0.2) is 147 Å². The van der Waals surface area contributed by atoms with E-state index in [2.05, 4.69) is 0 Å². The number of aliphatic hydroxyl groups is 5. The van der Waals surface area contributed by atoms with Crippen molar-refractivity contribution in [2.24, 2.45) is 23.2 Å². The number of fused-ring (bicyclic) bond motifs is 1. The van der Waals surface area contributed by atoms with Gasteiger partial charge in [0.05, 0.1) is 46.6 Å². The van der Waals surface area contributed by atoms with Crippen LogP contribution in [-0.2, 0) is 38.0 Å². The van der Waals surface area contributed by atoms with Gasteiger partial charge in [-0.1, -0.05) is 27.7 Å². The van der Waals surface area contributed by atoms with Crippen LogP contribution in [0.5, 0.6) is 0 Å². The minimum Gasteiger partial charge on any atom is -0.459 e. The van der Waals surface area contributed by atoms with Gasteiger partial charge in [0.2, 0.25) is 0 Å². The highest BCUT2D eigenvalue weighted by molar-refractivity contribution is 5.84. The largest absolute Gasteiger partial charge is 0.459 e. The number of carbonyl (C=O) groups excluding carboxylic acids is 2. The molecule has 3 aliphatic heterocycles. The maximum absolute atomic E-state index is 14.4. The number of nitrogens with zero attached hydrogens (tertiary/aromatic N) is 1. The molecule has 0 aromatic heterocycles. The van der Waals surface area contributed by atoms with Crippen LogP contribution < -0.4 is 0 Å². The summed E-state index contributed by atoms with van der Waals surface area (Å²) in [5.74, 6) is -3.85. The third-order valence-electron chi connectivity index (χ3n) is 13.1. The maximum atomic E-state index is 14.4. The predicted molar refractivity (Wildman–Crippen MR) is 189 cm³/mol. The topological polar surface area (TPSA) is 194 Å². The number of Topliss-reactive ketones (excluding diaryl/α,β-unsaturated/α-hetero) is 1. The summed E-state index contributed by atoms with van der Waals surface area (Å²) in [5, 5.41) is 58.1. The predicted octanol–water partition coefficient (Wildman–Crippen LogP) is 1.93. The summed E-state index contributed by atoms with van der Waals surface area (Å²) in [6.07, 6.45) is -8.49. The van der Waals surface area contributed by atoms with E-state index in [0.29, 0.717) is 6.42 Å². The van der Waals surface area contributed by atoms with Gasteiger partial charge in [-0.15, -0.1) is 0 Å². The van der Waals surface area contributed by atoms with Crippen molar-refractivity contribution in [2.45, 2.75) is 185 Å². The van der Waals surface area contributed by atoms with Gasteiger partial charge in [0.1, 0.15) is 29.7 Å². The lowest BCUT2D eigenvalue weighted by molar-refractivity contribution is -0.322. The second-order valence-corrected chi connectivity index (χ2v) is 17.5. The molecule has 52 heavy (non-hydrogen) atoms. The van der Waals surface area contributed by atoms with E-state index in [-0.39, 0.29) is 37.8 Å². The van der Waals surface area contributed by atoms with Gasteiger partial charge in [-0.3, -0.25) is 9.59 Å². The Kier molecular flexibility index (Phi) is 12.8. The molecule has 0 bridgehead atoms. The van der Waals surface area contributed by atoms with Crippen molar-refractivity contribution in [1.82, 2.24) is 4.90 Å². The van der Waals surface area contributed by atoms with Crippen molar-refractivity contribution in [2.75, 3.05) is 21.2 Å². The summed E-state index contributed by atoms with van der Waals surface area (Å²) in [5.41, 5.74) is -7.66. The number of esters is 1. The fraction of sp³-hybridized carbons (Fsp3) is 0.947. The van der Waals surface area contributed by atoms with Crippen molar-refractivity contribution < 1.29 is 63.5 Å². The summed E-state index contributed by atoms with van der Waals surface area (Å²) in [6.45, 7) is 16.6. The molecule has 3 heterocycles. The smallest absolute Gasteiger partial charge is 0.315 e. The van der Waals surface area contributed by atoms with Crippen LogP contribution in [0.3, 0.4) is 0 Å². The first-order valence-corrected chi connectivity index (χ1v) is 18.9. The number of hydrogen-bond acceptors (Lipinski definition) is 14. The number of cyclic esters (lactones) is 1. The fourth-order valence-corrected chi connectivity index (χ4v) is 9.35. The Morgan fingerprint density at radius 1 is 0.923 bits per heavy atom. The van der Waals surface area contributed by atoms with Crippen molar-refractivity contribution in [1.29, 1.82) is 0 Å². The molecule has 14 heteroatoms. The molecule has 4 fully saturated rings. The Labute approximate surface area is 309 Å². The summed E-state index contributed by atoms with van der Waals surface area (Å²) < 4.78 is 37.7. The van der Waals surface area contributed by atoms with E-state index in [4.69, 9.17) is 28.4 Å². The van der Waals surface area contributed by atoms with Gasteiger partial charge in [-0.2, -0.15) is 0 Å². The lowest BCUT2D eigenvalue weighted by atomic mass is 9.74. The molecule has 14 nitrogen and oxygen atoms in total. The van der Waals surface area contributed by atoms with E-state index in [1.165, 1.54) is 21.0 Å². The molecule has 18 atom stereocenters. The van der Waals surface area contributed by atoms with E-state index in [1.807, 2.05) is 25.9 Å². The number of hydrogen-bond donors (Lipinski definition) is 5. The maximum Gasteiger partial charge on any atom is 0.315 e. The number of aliphatic hydroxyl groups excluding tert-OH is 3. The van der Waals surface area contributed by atoms with E-state index >= 15 is 0 Å². The van der Waals surface area contributed by atoms with Crippen molar-refractivity contribution in [3.63, 3.8) is 0 Å². The molecule has 0 aromatic rings. The lowest BCUT2D eigenvalue weighted by Crippen LogP contribution is -2.61. The minimum atomic E-state index is -2.00. The Morgan fingerprint density at radius 2 is 1.54 bits per heavy atom. The van der Waals surface area contributed by atoms with Gasteiger partial charge in [-0.25, -0.2) is 0 Å². The minimum absolute atomic E-state index is 0.0905. The van der Waals surface area contributed by atoms with Gasteiger partial charge in [-0.05, 0) is 81.3 Å². The number of likely N-dealkylation sites (N-methyl/N-ethyl adjacent to an activating group) is 1.